The van der Waals surface area contributed by atoms with E-state index in [1.807, 2.05) is 30.3 Å². The number of hydrogen-bond acceptors (Lipinski definition) is 3. The number of nitrogens with two attached hydrogens (primary N) is 1. The van der Waals surface area contributed by atoms with Crippen molar-refractivity contribution in [3.05, 3.63) is 65.2 Å². The standard InChI is InChI=1S/C19H22N2O/c1-2-14-8-9-18-16(12-14)17(20)10-11-21(18)13-19(22)15-6-4-3-5-7-15/h3-9,12,17H,2,10-11,13,20H2,1H3. The molecule has 0 radical (unpaired) electrons. The highest BCUT2D eigenvalue weighted by molar-refractivity contribution is 5.99. The summed E-state index contributed by atoms with van der Waals surface area (Å²) in [6.45, 7) is 3.39. The van der Waals surface area contributed by atoms with Gasteiger partial charge in [-0.2, -0.15) is 0 Å². The predicted molar refractivity (Wildman–Crippen MR) is 90.4 cm³/mol. The Balaban J connectivity index is 1.85. The van der Waals surface area contributed by atoms with Crippen molar-refractivity contribution in [3.8, 4) is 0 Å². The monoisotopic (exact) mass is 294 g/mol. The van der Waals surface area contributed by atoms with E-state index >= 15 is 0 Å². The summed E-state index contributed by atoms with van der Waals surface area (Å²) in [5, 5.41) is 0. The van der Waals surface area contributed by atoms with Gasteiger partial charge in [-0.1, -0.05) is 49.4 Å². The fourth-order valence-electron chi connectivity index (χ4n) is 3.03. The zero-order chi connectivity index (χ0) is 15.5. The van der Waals surface area contributed by atoms with Crippen LogP contribution in [0.3, 0.4) is 0 Å². The molecule has 0 spiro atoms. The number of carbonyl (C=O) groups is 1. The van der Waals surface area contributed by atoms with E-state index in [-0.39, 0.29) is 11.8 Å². The second-order valence-electron chi connectivity index (χ2n) is 5.85. The molecule has 22 heavy (non-hydrogen) atoms. The Morgan fingerprint density at radius 2 is 2.00 bits per heavy atom. The van der Waals surface area contributed by atoms with Crippen LogP contribution in [-0.2, 0) is 6.42 Å². The first-order valence-electron chi connectivity index (χ1n) is 7.90. The van der Waals surface area contributed by atoms with E-state index in [1.165, 1.54) is 11.1 Å². The first kappa shape index (κ1) is 14.8. The number of Topliss-reactive ketones (excluding diaryl/α,β-unsaturated/α-hetero) is 1. The largest absolute Gasteiger partial charge is 0.363 e. The normalized spacial score (nSPS) is 17.2. The quantitative estimate of drug-likeness (QED) is 0.880. The Kier molecular flexibility index (Phi) is 4.25. The Morgan fingerprint density at radius 1 is 1.23 bits per heavy atom. The second-order valence-corrected chi connectivity index (χ2v) is 5.85. The summed E-state index contributed by atoms with van der Waals surface area (Å²) in [5.74, 6) is 0.154. The van der Waals surface area contributed by atoms with Crippen LogP contribution in [0, 0.1) is 0 Å². The lowest BCUT2D eigenvalue weighted by Gasteiger charge is -2.34. The smallest absolute Gasteiger partial charge is 0.182 e. The summed E-state index contributed by atoms with van der Waals surface area (Å²) in [5.41, 5.74) is 10.6. The van der Waals surface area contributed by atoms with Gasteiger partial charge in [-0.25, -0.2) is 0 Å². The number of carbonyl (C=O) groups excluding carboxylic acids is 1. The van der Waals surface area contributed by atoms with Crippen LogP contribution in [0.4, 0.5) is 5.69 Å². The molecule has 1 heterocycles. The van der Waals surface area contributed by atoms with Crippen molar-refractivity contribution >= 4 is 11.5 Å². The molecule has 0 bridgehead atoms. The molecule has 2 aromatic rings. The lowest BCUT2D eigenvalue weighted by molar-refractivity contribution is 0.0998. The molecule has 3 nitrogen and oxygen atoms in total. The number of rotatable bonds is 4. The highest BCUT2D eigenvalue weighted by Gasteiger charge is 2.24. The van der Waals surface area contributed by atoms with Crippen LogP contribution < -0.4 is 10.6 Å². The van der Waals surface area contributed by atoms with Crippen LogP contribution in [-0.4, -0.2) is 18.9 Å². The molecule has 0 aromatic heterocycles. The molecular weight excluding hydrogens is 272 g/mol. The molecule has 3 heteroatoms. The minimum absolute atomic E-state index is 0.0737. The van der Waals surface area contributed by atoms with Crippen molar-refractivity contribution in [2.75, 3.05) is 18.0 Å². The van der Waals surface area contributed by atoms with Crippen LogP contribution in [0.5, 0.6) is 0 Å². The summed E-state index contributed by atoms with van der Waals surface area (Å²) < 4.78 is 0. The van der Waals surface area contributed by atoms with Crippen LogP contribution >= 0.6 is 0 Å². The summed E-state index contributed by atoms with van der Waals surface area (Å²) in [6, 6.07) is 16.0. The van der Waals surface area contributed by atoms with Crippen molar-refractivity contribution in [1.29, 1.82) is 0 Å². The van der Waals surface area contributed by atoms with E-state index in [1.54, 1.807) is 0 Å². The van der Waals surface area contributed by atoms with Gasteiger partial charge in [0.15, 0.2) is 5.78 Å². The molecule has 0 aliphatic carbocycles. The van der Waals surface area contributed by atoms with Crippen molar-refractivity contribution in [2.24, 2.45) is 5.73 Å². The van der Waals surface area contributed by atoms with E-state index in [2.05, 4.69) is 30.0 Å². The van der Waals surface area contributed by atoms with E-state index < -0.39 is 0 Å². The number of aryl methyl sites for hydroxylation is 1. The topological polar surface area (TPSA) is 46.3 Å². The lowest BCUT2D eigenvalue weighted by atomic mass is 9.94. The number of anilines is 1. The Hall–Kier alpha value is -2.13. The summed E-state index contributed by atoms with van der Waals surface area (Å²) >= 11 is 0. The zero-order valence-corrected chi connectivity index (χ0v) is 13.0. The number of fused-ring (bicyclic) bond motifs is 1. The van der Waals surface area contributed by atoms with Gasteiger partial charge in [-0.3, -0.25) is 4.79 Å². The fourth-order valence-corrected chi connectivity index (χ4v) is 3.03. The molecule has 1 aliphatic heterocycles. The second kappa shape index (κ2) is 6.32. The number of ketones is 1. The third-order valence-electron chi connectivity index (χ3n) is 4.38. The molecular formula is C19H22N2O. The third kappa shape index (κ3) is 2.90. The molecule has 1 atom stereocenters. The van der Waals surface area contributed by atoms with Crippen LogP contribution in [0.25, 0.3) is 0 Å². The summed E-state index contributed by atoms with van der Waals surface area (Å²) in [6.07, 6.45) is 1.89. The van der Waals surface area contributed by atoms with E-state index in [0.29, 0.717) is 6.54 Å². The van der Waals surface area contributed by atoms with Crippen molar-refractivity contribution in [2.45, 2.75) is 25.8 Å². The first-order valence-corrected chi connectivity index (χ1v) is 7.90. The Labute approximate surface area is 131 Å². The van der Waals surface area contributed by atoms with Gasteiger partial charge in [0.1, 0.15) is 0 Å². The van der Waals surface area contributed by atoms with Crippen molar-refractivity contribution < 1.29 is 4.79 Å². The lowest BCUT2D eigenvalue weighted by Crippen LogP contribution is -2.37. The highest BCUT2D eigenvalue weighted by Crippen LogP contribution is 2.33. The molecule has 114 valence electrons. The maximum Gasteiger partial charge on any atom is 0.182 e. The van der Waals surface area contributed by atoms with Crippen LogP contribution in [0.2, 0.25) is 0 Å². The van der Waals surface area contributed by atoms with Crippen molar-refractivity contribution in [3.63, 3.8) is 0 Å². The van der Waals surface area contributed by atoms with E-state index in [0.717, 1.165) is 30.6 Å². The molecule has 0 saturated carbocycles. The van der Waals surface area contributed by atoms with Gasteiger partial charge < -0.3 is 10.6 Å². The van der Waals surface area contributed by atoms with Gasteiger partial charge >= 0.3 is 0 Å². The first-order chi connectivity index (χ1) is 10.7. The van der Waals surface area contributed by atoms with Gasteiger partial charge in [0.05, 0.1) is 6.54 Å². The molecule has 2 N–H and O–H groups in total. The molecule has 0 fully saturated rings. The van der Waals surface area contributed by atoms with Gasteiger partial charge in [0, 0.05) is 23.8 Å². The molecule has 0 saturated heterocycles. The van der Waals surface area contributed by atoms with Gasteiger partial charge in [0.25, 0.3) is 0 Å². The molecule has 0 amide bonds. The van der Waals surface area contributed by atoms with Crippen molar-refractivity contribution in [1.82, 2.24) is 0 Å². The van der Waals surface area contributed by atoms with E-state index in [9.17, 15) is 4.79 Å². The number of benzene rings is 2. The zero-order valence-electron chi connectivity index (χ0n) is 13.0. The number of hydrogen-bond donors (Lipinski definition) is 1. The number of nitrogens with zero attached hydrogens (tertiary/aromatic N) is 1. The Bertz CT molecular complexity index is 666. The molecule has 1 unspecified atom stereocenters. The SMILES string of the molecule is CCc1ccc2c(c1)C(N)CCN2CC(=O)c1ccccc1. The predicted octanol–water partition coefficient (Wildman–Crippen LogP) is 3.34. The minimum Gasteiger partial charge on any atom is -0.363 e. The van der Waals surface area contributed by atoms with Gasteiger partial charge in [0.2, 0.25) is 0 Å². The maximum atomic E-state index is 12.5. The minimum atomic E-state index is 0.0737. The average Bonchev–Trinajstić information content (AvgIpc) is 2.58. The molecule has 3 rings (SSSR count). The average molecular weight is 294 g/mol. The summed E-state index contributed by atoms with van der Waals surface area (Å²) in [7, 11) is 0. The third-order valence-corrected chi connectivity index (χ3v) is 4.38. The van der Waals surface area contributed by atoms with Crippen LogP contribution in [0.1, 0.15) is 40.9 Å². The van der Waals surface area contributed by atoms with Crippen LogP contribution in [0.15, 0.2) is 48.5 Å². The summed E-state index contributed by atoms with van der Waals surface area (Å²) in [4.78, 5) is 14.6. The van der Waals surface area contributed by atoms with Gasteiger partial charge in [-0.15, -0.1) is 0 Å². The molecule has 2 aromatic carbocycles. The maximum absolute atomic E-state index is 12.5. The van der Waals surface area contributed by atoms with E-state index in [4.69, 9.17) is 5.73 Å². The Morgan fingerprint density at radius 3 is 2.73 bits per heavy atom. The highest BCUT2D eigenvalue weighted by atomic mass is 16.1. The molecule has 1 aliphatic rings. The van der Waals surface area contributed by atoms with Gasteiger partial charge in [-0.05, 0) is 30.0 Å². The fraction of sp³-hybridized carbons (Fsp3) is 0.316.